The Morgan fingerprint density at radius 1 is 1.12 bits per heavy atom. The first kappa shape index (κ1) is 22.4. The quantitative estimate of drug-likeness (QED) is 0.527. The van der Waals surface area contributed by atoms with E-state index in [1.54, 1.807) is 12.1 Å². The molecule has 2 aromatic carbocycles. The number of rotatable bonds is 7. The van der Waals surface area contributed by atoms with Gasteiger partial charge in [-0.1, -0.05) is 17.4 Å². The summed E-state index contributed by atoms with van der Waals surface area (Å²) < 4.78 is 54.3. The third kappa shape index (κ3) is 5.00. The van der Waals surface area contributed by atoms with E-state index in [2.05, 4.69) is 15.5 Å². The lowest BCUT2D eigenvalue weighted by atomic mass is 10.1. The van der Waals surface area contributed by atoms with Gasteiger partial charge in [0.05, 0.1) is 21.3 Å². The van der Waals surface area contributed by atoms with Crippen LogP contribution in [0.15, 0.2) is 41.4 Å². The molecule has 1 aliphatic heterocycles. The van der Waals surface area contributed by atoms with Crippen LogP contribution in [0.3, 0.4) is 0 Å². The Morgan fingerprint density at radius 3 is 2.59 bits per heavy atom. The van der Waals surface area contributed by atoms with E-state index in [0.29, 0.717) is 51.9 Å². The molecule has 0 aliphatic carbocycles. The number of nitrogens with zero attached hydrogens (tertiary/aromatic N) is 4. The predicted octanol–water partition coefficient (Wildman–Crippen LogP) is 4.26. The summed E-state index contributed by atoms with van der Waals surface area (Å²) >= 11 is 1.19. The van der Waals surface area contributed by atoms with Crippen LogP contribution in [0.4, 0.5) is 22.7 Å². The lowest BCUT2D eigenvalue weighted by molar-refractivity contribution is -0.137. The lowest BCUT2D eigenvalue weighted by Gasteiger charge is -2.24. The van der Waals surface area contributed by atoms with E-state index in [4.69, 9.17) is 4.84 Å². The summed E-state index contributed by atoms with van der Waals surface area (Å²) in [6.07, 6.45) is -4.41. The largest absolute Gasteiger partial charge is 0.416 e. The van der Waals surface area contributed by atoms with Gasteiger partial charge in [0.15, 0.2) is 17.7 Å². The summed E-state index contributed by atoms with van der Waals surface area (Å²) in [5.41, 5.74) is 3.38. The van der Waals surface area contributed by atoms with Crippen LogP contribution < -0.4 is 10.4 Å². The Bertz CT molecular complexity index is 1140. The molecule has 32 heavy (non-hydrogen) atoms. The van der Waals surface area contributed by atoms with Gasteiger partial charge in [0.1, 0.15) is 5.82 Å². The Balaban J connectivity index is 1.62. The van der Waals surface area contributed by atoms with E-state index in [-0.39, 0.29) is 6.73 Å². The molecule has 6 nitrogen and oxygen atoms in total. The van der Waals surface area contributed by atoms with Crippen molar-refractivity contribution >= 4 is 32.5 Å². The van der Waals surface area contributed by atoms with Gasteiger partial charge >= 0.3 is 6.18 Å². The lowest BCUT2D eigenvalue weighted by Crippen LogP contribution is -2.31. The fourth-order valence-corrected chi connectivity index (χ4v) is 4.26. The van der Waals surface area contributed by atoms with Gasteiger partial charge in [-0.25, -0.2) is 19.8 Å². The number of hydroxylamine groups is 1. The first-order chi connectivity index (χ1) is 15.2. The molecule has 2 heterocycles. The Hall–Kier alpha value is -2.76. The molecule has 0 spiro atoms. The molecule has 0 bridgehead atoms. The number of likely N-dealkylation sites (N-methyl/N-ethyl adjacent to an activating group) is 1. The number of benzene rings is 2. The Morgan fingerprint density at radius 2 is 1.94 bits per heavy atom. The maximum Gasteiger partial charge on any atom is 0.416 e. The fourth-order valence-electron chi connectivity index (χ4n) is 3.23. The average Bonchev–Trinajstić information content (AvgIpc) is 3.39. The number of aromatic nitrogens is 1. The van der Waals surface area contributed by atoms with Gasteiger partial charge in [0.25, 0.3) is 0 Å². The first-order valence-corrected chi connectivity index (χ1v) is 10.6. The van der Waals surface area contributed by atoms with Crippen molar-refractivity contribution in [2.45, 2.75) is 12.7 Å². The van der Waals surface area contributed by atoms with Crippen molar-refractivity contribution in [3.8, 4) is 0 Å². The number of alkyl halides is 3. The monoisotopic (exact) mass is 467 g/mol. The van der Waals surface area contributed by atoms with Crippen molar-refractivity contribution in [3.05, 3.63) is 58.9 Å². The van der Waals surface area contributed by atoms with Crippen LogP contribution >= 0.6 is 11.3 Å². The van der Waals surface area contributed by atoms with Gasteiger partial charge in [-0.15, -0.1) is 0 Å². The zero-order chi connectivity index (χ0) is 22.9. The Kier molecular flexibility index (Phi) is 6.31. The minimum absolute atomic E-state index is 0.127. The molecule has 0 radical (unpaired) electrons. The molecule has 11 heteroatoms. The molecule has 3 aromatic rings. The van der Waals surface area contributed by atoms with Crippen LogP contribution in [0, 0.1) is 5.82 Å². The van der Waals surface area contributed by atoms with Crippen LogP contribution in [0.5, 0.6) is 0 Å². The van der Waals surface area contributed by atoms with Crippen molar-refractivity contribution in [3.63, 3.8) is 0 Å². The topological polar surface area (TPSA) is 53.0 Å². The maximum atomic E-state index is 14.7. The van der Waals surface area contributed by atoms with Crippen molar-refractivity contribution < 1.29 is 22.4 Å². The van der Waals surface area contributed by atoms with Gasteiger partial charge < -0.3 is 9.80 Å². The molecule has 0 saturated carbocycles. The number of nitrogens with one attached hydrogen (secondary N) is 1. The van der Waals surface area contributed by atoms with Gasteiger partial charge in [-0.05, 0) is 50.0 Å². The minimum Gasteiger partial charge on any atom is -0.342 e. The van der Waals surface area contributed by atoms with Crippen molar-refractivity contribution in [1.82, 2.24) is 15.4 Å². The van der Waals surface area contributed by atoms with Crippen LogP contribution in [0.1, 0.15) is 16.7 Å². The van der Waals surface area contributed by atoms with Gasteiger partial charge in [0.2, 0.25) is 0 Å². The second-order valence-electron chi connectivity index (χ2n) is 7.60. The summed E-state index contributed by atoms with van der Waals surface area (Å²) in [7, 11) is 3.86. The van der Waals surface area contributed by atoms with E-state index in [1.807, 2.05) is 23.9 Å². The van der Waals surface area contributed by atoms with Gasteiger partial charge in [-0.3, -0.25) is 4.84 Å². The van der Waals surface area contributed by atoms with Crippen molar-refractivity contribution in [1.29, 1.82) is 0 Å². The highest BCUT2D eigenvalue weighted by Crippen LogP contribution is 2.35. The molecule has 0 amide bonds. The first-order valence-electron chi connectivity index (χ1n) is 9.79. The predicted molar refractivity (Wildman–Crippen MR) is 116 cm³/mol. The third-order valence-electron chi connectivity index (χ3n) is 4.91. The normalized spacial score (nSPS) is 14.2. The molecule has 0 unspecified atom stereocenters. The highest BCUT2D eigenvalue weighted by molar-refractivity contribution is 7.22. The van der Waals surface area contributed by atoms with Crippen molar-refractivity contribution in [2.24, 2.45) is 4.99 Å². The van der Waals surface area contributed by atoms with E-state index in [9.17, 15) is 17.6 Å². The number of aliphatic imine (C=N–C) groups is 1. The van der Waals surface area contributed by atoms with Crippen LogP contribution in [0.25, 0.3) is 10.2 Å². The van der Waals surface area contributed by atoms with Crippen LogP contribution in [-0.4, -0.2) is 49.6 Å². The van der Waals surface area contributed by atoms with E-state index < -0.39 is 17.6 Å². The highest BCUT2D eigenvalue weighted by Gasteiger charge is 2.31. The standard InChI is InChI=1S/C21H21F4N5OS/c1-29(2)7-8-30(11-13-3-5-15(16(22)9-13)19-26-12-31-28-19)20-27-17-6-4-14(21(23,24)25)10-18(17)32-20/h3-6,9-10H,7-8,11-12H2,1-2H3,(H,26,28). The third-order valence-corrected chi connectivity index (χ3v) is 5.99. The number of halogens is 4. The zero-order valence-electron chi connectivity index (χ0n) is 17.4. The minimum atomic E-state index is -4.41. The summed E-state index contributed by atoms with van der Waals surface area (Å²) in [5, 5.41) is 0.584. The molecule has 1 aliphatic rings. The molecule has 1 aromatic heterocycles. The number of thiazole rings is 1. The molecular formula is C21H21F4N5OS. The number of hydrogen-bond donors (Lipinski definition) is 1. The molecule has 1 N–H and O–H groups in total. The molecule has 4 rings (SSSR count). The number of anilines is 1. The molecular weight excluding hydrogens is 446 g/mol. The highest BCUT2D eigenvalue weighted by atomic mass is 32.1. The second kappa shape index (κ2) is 9.00. The summed E-state index contributed by atoms with van der Waals surface area (Å²) in [6.45, 7) is 1.75. The fraction of sp³-hybridized carbons (Fsp3) is 0.333. The summed E-state index contributed by atoms with van der Waals surface area (Å²) in [4.78, 5) is 17.4. The second-order valence-corrected chi connectivity index (χ2v) is 8.61. The summed E-state index contributed by atoms with van der Waals surface area (Å²) in [6, 6.07) is 8.38. The maximum absolute atomic E-state index is 14.7. The smallest absolute Gasteiger partial charge is 0.342 e. The SMILES string of the molecule is CN(C)CCN(Cc1ccc(C2=NCON2)c(F)c1)c1nc2ccc(C(F)(F)F)cc2s1. The molecule has 170 valence electrons. The zero-order valence-corrected chi connectivity index (χ0v) is 18.2. The van der Waals surface area contributed by atoms with Crippen LogP contribution in [0.2, 0.25) is 0 Å². The molecule has 0 atom stereocenters. The number of hydrogen-bond acceptors (Lipinski definition) is 7. The van der Waals surface area contributed by atoms with E-state index in [0.717, 1.165) is 12.1 Å². The van der Waals surface area contributed by atoms with Gasteiger partial charge in [0, 0.05) is 19.6 Å². The average molecular weight is 467 g/mol. The Labute approximate surface area is 186 Å². The molecule has 0 fully saturated rings. The number of fused-ring (bicyclic) bond motifs is 1. The summed E-state index contributed by atoms with van der Waals surface area (Å²) in [5.74, 6) is -0.101. The van der Waals surface area contributed by atoms with Crippen LogP contribution in [-0.2, 0) is 17.6 Å². The van der Waals surface area contributed by atoms with Crippen molar-refractivity contribution in [2.75, 3.05) is 38.8 Å². The number of amidine groups is 1. The van der Waals surface area contributed by atoms with E-state index >= 15 is 0 Å². The molecule has 0 saturated heterocycles. The van der Waals surface area contributed by atoms with Gasteiger partial charge in [-0.2, -0.15) is 13.2 Å². The van der Waals surface area contributed by atoms with E-state index in [1.165, 1.54) is 23.5 Å².